The van der Waals surface area contributed by atoms with Gasteiger partial charge >= 0.3 is 12.0 Å². The molecule has 2 amide bonds. The minimum atomic E-state index is -0.916. The van der Waals surface area contributed by atoms with Crippen molar-refractivity contribution in [1.82, 2.24) is 5.32 Å². The maximum Gasteiger partial charge on any atom is 0.319 e. The number of halogens is 1. The second-order valence-electron chi connectivity index (χ2n) is 4.58. The molecule has 2 unspecified atom stereocenters. The molecule has 7 heteroatoms. The first kappa shape index (κ1) is 14.9. The van der Waals surface area contributed by atoms with Crippen molar-refractivity contribution in [3.05, 3.63) is 40.9 Å². The van der Waals surface area contributed by atoms with Gasteiger partial charge in [0.2, 0.25) is 0 Å². The molecule has 0 aliphatic heterocycles. The zero-order chi connectivity index (χ0) is 15.4. The molecule has 2 atom stereocenters. The minimum Gasteiger partial charge on any atom is -0.481 e. The highest BCUT2D eigenvalue weighted by Gasteiger charge is 2.25. The van der Waals surface area contributed by atoms with Crippen LogP contribution in [0, 0.1) is 17.2 Å². The number of carboxylic acid groups (broad SMARTS) is 1. The quantitative estimate of drug-likeness (QED) is 0.746. The van der Waals surface area contributed by atoms with Crippen molar-refractivity contribution < 1.29 is 14.7 Å². The number of nitrogens with one attached hydrogen (secondary N) is 2. The number of hydrogen-bond donors (Lipinski definition) is 3. The van der Waals surface area contributed by atoms with E-state index in [1.807, 2.05) is 6.07 Å². The molecule has 0 heterocycles. The first-order valence-electron chi connectivity index (χ1n) is 6.18. The highest BCUT2D eigenvalue weighted by molar-refractivity contribution is 6.33. The van der Waals surface area contributed by atoms with Crippen molar-refractivity contribution >= 4 is 29.3 Å². The molecule has 0 aromatic heterocycles. The highest BCUT2D eigenvalue weighted by atomic mass is 35.5. The lowest BCUT2D eigenvalue weighted by atomic mass is 10.1. The van der Waals surface area contributed by atoms with Crippen LogP contribution in [0.5, 0.6) is 0 Å². The number of carboxylic acids is 1. The van der Waals surface area contributed by atoms with Gasteiger partial charge in [0.1, 0.15) is 0 Å². The average molecular weight is 306 g/mol. The van der Waals surface area contributed by atoms with Crippen molar-refractivity contribution in [3.8, 4) is 6.07 Å². The van der Waals surface area contributed by atoms with E-state index in [0.29, 0.717) is 22.7 Å². The van der Waals surface area contributed by atoms with E-state index in [1.54, 1.807) is 18.2 Å². The molecular weight excluding hydrogens is 294 g/mol. The van der Waals surface area contributed by atoms with Crippen LogP contribution in [0.15, 0.2) is 30.4 Å². The number of nitriles is 1. The normalized spacial score (nSPS) is 19.8. The summed E-state index contributed by atoms with van der Waals surface area (Å²) in [5, 5.41) is 23.2. The number of carbonyl (C=O) groups is 2. The first-order valence-corrected chi connectivity index (χ1v) is 6.55. The Hall–Kier alpha value is -2.52. The molecule has 1 aliphatic rings. The van der Waals surface area contributed by atoms with Crippen molar-refractivity contribution in [1.29, 1.82) is 5.26 Å². The molecule has 0 saturated heterocycles. The van der Waals surface area contributed by atoms with Crippen LogP contribution in [0.3, 0.4) is 0 Å². The van der Waals surface area contributed by atoms with Crippen LogP contribution >= 0.6 is 11.6 Å². The monoisotopic (exact) mass is 305 g/mol. The third-order valence-corrected chi connectivity index (χ3v) is 3.39. The van der Waals surface area contributed by atoms with Gasteiger partial charge in [-0.1, -0.05) is 23.8 Å². The Balaban J connectivity index is 1.96. The van der Waals surface area contributed by atoms with Crippen LogP contribution in [-0.2, 0) is 4.79 Å². The summed E-state index contributed by atoms with van der Waals surface area (Å²) in [4.78, 5) is 22.7. The molecule has 0 bridgehead atoms. The third-order valence-electron chi connectivity index (χ3n) is 3.06. The number of carbonyl (C=O) groups excluding carboxylic acids is 1. The summed E-state index contributed by atoms with van der Waals surface area (Å²) in [6, 6.07) is 5.63. The van der Waals surface area contributed by atoms with E-state index >= 15 is 0 Å². The topological polar surface area (TPSA) is 102 Å². The van der Waals surface area contributed by atoms with Crippen LogP contribution in [0.2, 0.25) is 5.02 Å². The summed E-state index contributed by atoms with van der Waals surface area (Å²) >= 11 is 5.94. The lowest BCUT2D eigenvalue weighted by Crippen LogP contribution is -2.36. The maximum atomic E-state index is 11.9. The van der Waals surface area contributed by atoms with E-state index in [2.05, 4.69) is 10.6 Å². The Morgan fingerprint density at radius 1 is 1.38 bits per heavy atom. The van der Waals surface area contributed by atoms with Gasteiger partial charge in [-0.3, -0.25) is 4.79 Å². The summed E-state index contributed by atoms with van der Waals surface area (Å²) in [5.41, 5.74) is 0.700. The lowest BCUT2D eigenvalue weighted by Gasteiger charge is -2.14. The standard InChI is InChI=1S/C14H12ClN3O3/c15-11-4-1-8(7-16)5-12(11)18-14(21)17-10-3-2-9(6-10)13(19)20/h1-5,9-10H,6H2,(H,19,20)(H2,17,18,21). The van der Waals surface area contributed by atoms with E-state index in [-0.39, 0.29) is 6.04 Å². The highest BCUT2D eigenvalue weighted by Crippen LogP contribution is 2.23. The van der Waals surface area contributed by atoms with Crippen molar-refractivity contribution in [2.45, 2.75) is 12.5 Å². The summed E-state index contributed by atoms with van der Waals surface area (Å²) < 4.78 is 0. The largest absolute Gasteiger partial charge is 0.481 e. The van der Waals surface area contributed by atoms with E-state index in [0.717, 1.165) is 0 Å². The van der Waals surface area contributed by atoms with Gasteiger partial charge in [0.25, 0.3) is 0 Å². The number of rotatable bonds is 3. The van der Waals surface area contributed by atoms with Crippen molar-refractivity contribution in [2.75, 3.05) is 5.32 Å². The number of benzene rings is 1. The van der Waals surface area contributed by atoms with Gasteiger partial charge in [-0.15, -0.1) is 0 Å². The molecule has 1 aromatic carbocycles. The predicted molar refractivity (Wildman–Crippen MR) is 77.0 cm³/mol. The van der Waals surface area contributed by atoms with Gasteiger partial charge in [-0.25, -0.2) is 4.79 Å². The molecule has 0 saturated carbocycles. The Labute approximate surface area is 126 Å². The number of nitrogens with zero attached hydrogens (tertiary/aromatic N) is 1. The van der Waals surface area contributed by atoms with E-state index in [9.17, 15) is 9.59 Å². The van der Waals surface area contributed by atoms with Crippen LogP contribution in [-0.4, -0.2) is 23.1 Å². The molecular formula is C14H12ClN3O3. The Bertz CT molecular complexity index is 651. The molecule has 6 nitrogen and oxygen atoms in total. The molecule has 0 fully saturated rings. The van der Waals surface area contributed by atoms with Gasteiger partial charge in [-0.2, -0.15) is 5.26 Å². The molecule has 1 aromatic rings. The van der Waals surface area contributed by atoms with Crippen LogP contribution in [0.1, 0.15) is 12.0 Å². The zero-order valence-corrected chi connectivity index (χ0v) is 11.6. The van der Waals surface area contributed by atoms with E-state index in [1.165, 1.54) is 12.1 Å². The van der Waals surface area contributed by atoms with Crippen LogP contribution in [0.4, 0.5) is 10.5 Å². The SMILES string of the molecule is N#Cc1ccc(Cl)c(NC(=O)NC2C=CC(C(=O)O)C2)c1. The Morgan fingerprint density at radius 2 is 2.14 bits per heavy atom. The molecule has 3 N–H and O–H groups in total. The first-order chi connectivity index (χ1) is 9.99. The fourth-order valence-corrected chi connectivity index (χ4v) is 2.17. The fourth-order valence-electron chi connectivity index (χ4n) is 2.01. The van der Waals surface area contributed by atoms with E-state index in [4.69, 9.17) is 22.0 Å². The summed E-state index contributed by atoms with van der Waals surface area (Å²) in [6.07, 6.45) is 3.51. The Kier molecular flexibility index (Phi) is 4.45. The lowest BCUT2D eigenvalue weighted by molar-refractivity contribution is -0.140. The number of urea groups is 1. The summed E-state index contributed by atoms with van der Waals surface area (Å²) in [7, 11) is 0. The second-order valence-corrected chi connectivity index (χ2v) is 4.98. The minimum absolute atomic E-state index is 0.314. The van der Waals surface area contributed by atoms with Gasteiger partial charge in [-0.05, 0) is 24.6 Å². The number of anilines is 1. The van der Waals surface area contributed by atoms with Gasteiger partial charge in [0, 0.05) is 0 Å². The third kappa shape index (κ3) is 3.74. The molecule has 0 spiro atoms. The van der Waals surface area contributed by atoms with Gasteiger partial charge in [0.05, 0.1) is 34.3 Å². The molecule has 21 heavy (non-hydrogen) atoms. The molecule has 1 aliphatic carbocycles. The van der Waals surface area contributed by atoms with Crippen LogP contribution < -0.4 is 10.6 Å². The smallest absolute Gasteiger partial charge is 0.319 e. The number of aliphatic carboxylic acids is 1. The summed E-state index contributed by atoms with van der Waals surface area (Å²) in [5.74, 6) is -1.50. The van der Waals surface area contributed by atoms with Crippen molar-refractivity contribution in [3.63, 3.8) is 0 Å². The molecule has 108 valence electrons. The molecule has 0 radical (unpaired) electrons. The molecule has 2 rings (SSSR count). The second kappa shape index (κ2) is 6.29. The number of amides is 2. The van der Waals surface area contributed by atoms with Gasteiger partial charge in [0.15, 0.2) is 0 Å². The van der Waals surface area contributed by atoms with Crippen LogP contribution in [0.25, 0.3) is 0 Å². The zero-order valence-electron chi connectivity index (χ0n) is 10.8. The Morgan fingerprint density at radius 3 is 2.76 bits per heavy atom. The van der Waals surface area contributed by atoms with E-state index < -0.39 is 17.9 Å². The summed E-state index contributed by atoms with van der Waals surface area (Å²) in [6.45, 7) is 0. The predicted octanol–water partition coefficient (Wildman–Crippen LogP) is 2.36. The average Bonchev–Trinajstić information content (AvgIpc) is 2.90. The van der Waals surface area contributed by atoms with Crippen molar-refractivity contribution in [2.24, 2.45) is 5.92 Å². The fraction of sp³-hybridized carbons (Fsp3) is 0.214. The number of hydrogen-bond acceptors (Lipinski definition) is 3. The maximum absolute atomic E-state index is 11.9. The van der Waals surface area contributed by atoms with Gasteiger partial charge < -0.3 is 15.7 Å².